The molecule has 9 heteroatoms. The minimum absolute atomic E-state index is 0.00382. The number of rotatable bonds is 6. The van der Waals surface area contributed by atoms with Gasteiger partial charge in [-0.3, -0.25) is 9.63 Å². The number of benzene rings is 2. The molecule has 0 bridgehead atoms. The Morgan fingerprint density at radius 3 is 2.71 bits per heavy atom. The normalized spacial score (nSPS) is 11.6. The Labute approximate surface area is 173 Å². The Morgan fingerprint density at radius 1 is 1.29 bits per heavy atom. The standard InChI is InChI=1S/C19H17F2IN2O4/c1-19(2,9-25)28-24-18(26)12-7-10-5-6-27-17(10)15(21)16(12)23-14-4-3-11(22)8-13(14)20/h3-8,23,25H,9H2,1-2H3,(H,24,26). The van der Waals surface area contributed by atoms with Crippen LogP contribution in [-0.4, -0.2) is 23.2 Å². The second-order valence-electron chi connectivity index (χ2n) is 6.65. The van der Waals surface area contributed by atoms with Crippen LogP contribution in [0, 0.1) is 15.2 Å². The second-order valence-corrected chi connectivity index (χ2v) is 7.90. The van der Waals surface area contributed by atoms with Gasteiger partial charge in [-0.1, -0.05) is 0 Å². The molecule has 0 saturated carbocycles. The van der Waals surface area contributed by atoms with Crippen molar-refractivity contribution in [3.8, 4) is 0 Å². The SMILES string of the molecule is CC(C)(CO)ONC(=O)c1cc2ccoc2c(F)c1Nc1ccc(I)cc1F. The van der Waals surface area contributed by atoms with Crippen LogP contribution in [0.4, 0.5) is 20.2 Å². The van der Waals surface area contributed by atoms with E-state index in [9.17, 15) is 14.3 Å². The highest BCUT2D eigenvalue weighted by molar-refractivity contribution is 14.1. The van der Waals surface area contributed by atoms with Gasteiger partial charge in [-0.25, -0.2) is 14.3 Å². The molecule has 3 rings (SSSR count). The predicted octanol–water partition coefficient (Wildman–Crippen LogP) is 4.49. The summed E-state index contributed by atoms with van der Waals surface area (Å²) in [4.78, 5) is 17.8. The van der Waals surface area contributed by atoms with Crippen molar-refractivity contribution >= 4 is 50.8 Å². The monoisotopic (exact) mass is 502 g/mol. The predicted molar refractivity (Wildman–Crippen MR) is 108 cm³/mol. The van der Waals surface area contributed by atoms with E-state index < -0.39 is 23.1 Å². The van der Waals surface area contributed by atoms with E-state index in [1.807, 2.05) is 22.6 Å². The summed E-state index contributed by atoms with van der Waals surface area (Å²) >= 11 is 1.95. The molecular weight excluding hydrogens is 485 g/mol. The van der Waals surface area contributed by atoms with Gasteiger partial charge in [0.1, 0.15) is 11.4 Å². The maximum Gasteiger partial charge on any atom is 0.277 e. The molecule has 1 aromatic heterocycles. The van der Waals surface area contributed by atoms with E-state index in [0.29, 0.717) is 8.96 Å². The zero-order chi connectivity index (χ0) is 20.5. The maximum atomic E-state index is 15.0. The summed E-state index contributed by atoms with van der Waals surface area (Å²) in [5, 5.41) is 12.2. The van der Waals surface area contributed by atoms with Crippen molar-refractivity contribution in [2.24, 2.45) is 0 Å². The van der Waals surface area contributed by atoms with Crippen molar-refractivity contribution in [3.63, 3.8) is 0 Å². The van der Waals surface area contributed by atoms with Crippen molar-refractivity contribution in [1.29, 1.82) is 0 Å². The summed E-state index contributed by atoms with van der Waals surface area (Å²) in [6.45, 7) is 2.78. The fourth-order valence-electron chi connectivity index (χ4n) is 2.37. The lowest BCUT2D eigenvalue weighted by Crippen LogP contribution is -2.38. The average molecular weight is 502 g/mol. The molecule has 0 fully saturated rings. The van der Waals surface area contributed by atoms with E-state index in [0.717, 1.165) is 0 Å². The highest BCUT2D eigenvalue weighted by Gasteiger charge is 2.24. The summed E-state index contributed by atoms with van der Waals surface area (Å²) in [6, 6.07) is 7.26. The summed E-state index contributed by atoms with van der Waals surface area (Å²) in [7, 11) is 0. The Hall–Kier alpha value is -2.24. The molecule has 0 atom stereocenters. The Bertz CT molecular complexity index is 1040. The zero-order valence-corrected chi connectivity index (χ0v) is 17.1. The van der Waals surface area contributed by atoms with E-state index in [-0.39, 0.29) is 29.1 Å². The lowest BCUT2D eigenvalue weighted by molar-refractivity contribution is -0.0956. The highest BCUT2D eigenvalue weighted by atomic mass is 127. The molecule has 6 nitrogen and oxygen atoms in total. The first-order valence-corrected chi connectivity index (χ1v) is 9.31. The highest BCUT2D eigenvalue weighted by Crippen LogP contribution is 2.33. The number of aliphatic hydroxyl groups is 1. The number of hydrogen-bond donors (Lipinski definition) is 3. The number of nitrogens with one attached hydrogen (secondary N) is 2. The zero-order valence-electron chi connectivity index (χ0n) is 15.0. The molecule has 0 unspecified atom stereocenters. The third-order valence-corrected chi connectivity index (χ3v) is 4.59. The maximum absolute atomic E-state index is 15.0. The molecule has 0 aliphatic carbocycles. The summed E-state index contributed by atoms with van der Waals surface area (Å²) in [5.41, 5.74) is 0.712. The molecule has 3 aromatic rings. The van der Waals surface area contributed by atoms with Crippen LogP contribution in [0.2, 0.25) is 0 Å². The van der Waals surface area contributed by atoms with Crippen LogP contribution >= 0.6 is 22.6 Å². The fourth-order valence-corrected chi connectivity index (χ4v) is 2.82. The Kier molecular flexibility index (Phi) is 5.87. The molecule has 0 spiro atoms. The van der Waals surface area contributed by atoms with Crippen LogP contribution in [0.5, 0.6) is 0 Å². The van der Waals surface area contributed by atoms with Crippen LogP contribution in [0.1, 0.15) is 24.2 Å². The van der Waals surface area contributed by atoms with Gasteiger partial charge in [0.2, 0.25) is 0 Å². The number of aliphatic hydroxyl groups excluding tert-OH is 1. The number of anilines is 2. The van der Waals surface area contributed by atoms with Crippen molar-refractivity contribution < 1.29 is 27.9 Å². The van der Waals surface area contributed by atoms with E-state index in [1.54, 1.807) is 19.9 Å². The molecule has 1 heterocycles. The molecule has 0 radical (unpaired) electrons. The molecule has 1 amide bonds. The van der Waals surface area contributed by atoms with Gasteiger partial charge < -0.3 is 14.8 Å². The van der Waals surface area contributed by atoms with E-state index >= 15 is 4.39 Å². The van der Waals surface area contributed by atoms with Crippen LogP contribution in [-0.2, 0) is 4.84 Å². The smallest absolute Gasteiger partial charge is 0.277 e. The number of amides is 1. The average Bonchev–Trinajstić information content (AvgIpc) is 3.12. The van der Waals surface area contributed by atoms with Gasteiger partial charge in [0, 0.05) is 8.96 Å². The molecule has 3 N–H and O–H groups in total. The van der Waals surface area contributed by atoms with Gasteiger partial charge >= 0.3 is 0 Å². The van der Waals surface area contributed by atoms with Crippen molar-refractivity contribution in [3.05, 3.63) is 57.4 Å². The van der Waals surface area contributed by atoms with Crippen LogP contribution in [0.25, 0.3) is 11.0 Å². The second kappa shape index (κ2) is 8.02. The Morgan fingerprint density at radius 2 is 2.04 bits per heavy atom. The van der Waals surface area contributed by atoms with Crippen LogP contribution < -0.4 is 10.8 Å². The molecule has 0 saturated heterocycles. The minimum atomic E-state index is -1.04. The molecule has 148 valence electrons. The summed E-state index contributed by atoms with van der Waals surface area (Å²) in [6.07, 6.45) is 1.29. The molecule has 0 aliphatic heterocycles. The first kappa shape index (κ1) is 20.5. The van der Waals surface area contributed by atoms with Crippen molar-refractivity contribution in [2.75, 3.05) is 11.9 Å². The van der Waals surface area contributed by atoms with E-state index in [4.69, 9.17) is 9.25 Å². The summed E-state index contributed by atoms with van der Waals surface area (Å²) in [5.74, 6) is -2.21. The lowest BCUT2D eigenvalue weighted by atomic mass is 10.1. The number of halogens is 3. The number of hydroxylamine groups is 1. The topological polar surface area (TPSA) is 83.7 Å². The number of carbonyl (C=O) groups excluding carboxylic acids is 1. The van der Waals surface area contributed by atoms with Crippen molar-refractivity contribution in [2.45, 2.75) is 19.4 Å². The first-order valence-electron chi connectivity index (χ1n) is 8.23. The third kappa shape index (κ3) is 4.26. The van der Waals surface area contributed by atoms with Crippen LogP contribution in [0.3, 0.4) is 0 Å². The largest absolute Gasteiger partial charge is 0.461 e. The van der Waals surface area contributed by atoms with Gasteiger partial charge in [0.15, 0.2) is 11.4 Å². The molecule has 2 aromatic carbocycles. The lowest BCUT2D eigenvalue weighted by Gasteiger charge is -2.22. The number of fused-ring (bicyclic) bond motifs is 1. The van der Waals surface area contributed by atoms with E-state index in [2.05, 4.69) is 10.8 Å². The van der Waals surface area contributed by atoms with Gasteiger partial charge in [-0.2, -0.15) is 0 Å². The van der Waals surface area contributed by atoms with Crippen molar-refractivity contribution in [1.82, 2.24) is 5.48 Å². The number of furan rings is 1. The van der Waals surface area contributed by atoms with Crippen LogP contribution in [0.15, 0.2) is 41.0 Å². The van der Waals surface area contributed by atoms with Gasteiger partial charge in [-0.15, -0.1) is 0 Å². The van der Waals surface area contributed by atoms with Gasteiger partial charge in [0.05, 0.1) is 29.8 Å². The summed E-state index contributed by atoms with van der Waals surface area (Å²) < 4.78 is 35.1. The molecular formula is C19H17F2IN2O4. The number of carbonyl (C=O) groups is 1. The number of hydrogen-bond acceptors (Lipinski definition) is 5. The Balaban J connectivity index is 2.03. The van der Waals surface area contributed by atoms with Gasteiger partial charge in [0.25, 0.3) is 5.91 Å². The fraction of sp³-hybridized carbons (Fsp3) is 0.211. The minimum Gasteiger partial charge on any atom is -0.461 e. The molecule has 0 aliphatic rings. The molecule has 28 heavy (non-hydrogen) atoms. The first-order chi connectivity index (χ1) is 13.2. The van der Waals surface area contributed by atoms with E-state index in [1.165, 1.54) is 30.5 Å². The quantitative estimate of drug-likeness (QED) is 0.342. The van der Waals surface area contributed by atoms with Gasteiger partial charge in [-0.05, 0) is 66.8 Å². The third-order valence-electron chi connectivity index (χ3n) is 3.92.